The average Bonchev–Trinajstić information content (AvgIpc) is 1.69. The van der Waals surface area contributed by atoms with E-state index in [2.05, 4.69) is 4.99 Å². The molecule has 0 aliphatic heterocycles. The van der Waals surface area contributed by atoms with Gasteiger partial charge >= 0.3 is 0 Å². The summed E-state index contributed by atoms with van der Waals surface area (Å²) in [5, 5.41) is 0. The number of aliphatic imine (C=N–C) groups is 1. The van der Waals surface area contributed by atoms with E-state index in [-0.39, 0.29) is 0 Å². The maximum Gasteiger partial charge on any atom is 0.0418 e. The first-order valence-corrected chi connectivity index (χ1v) is 2.30. The van der Waals surface area contributed by atoms with Gasteiger partial charge in [0.15, 0.2) is 0 Å². The second kappa shape index (κ2) is 5.21. The molecule has 2 N–H and O–H groups in total. The third kappa shape index (κ3) is 5.21. The van der Waals surface area contributed by atoms with Gasteiger partial charge in [0.1, 0.15) is 0 Å². The van der Waals surface area contributed by atoms with Crippen molar-refractivity contribution in [1.29, 1.82) is 0 Å². The van der Waals surface area contributed by atoms with Gasteiger partial charge in [0, 0.05) is 18.6 Å². The van der Waals surface area contributed by atoms with Crippen LogP contribution in [0.25, 0.3) is 0 Å². The second-order valence-electron chi connectivity index (χ2n) is 1.08. The Labute approximate surface area is 43.7 Å². The van der Waals surface area contributed by atoms with Gasteiger partial charge in [0.05, 0.1) is 0 Å². The second-order valence-corrected chi connectivity index (χ2v) is 1.08. The molecule has 0 rings (SSSR count). The van der Waals surface area contributed by atoms with Crippen LogP contribution < -0.4 is 5.73 Å². The number of rotatable bonds is 2. The Balaban J connectivity index is 3.09. The SMILES string of the molecule is CCC=N/C=C/N. The molecular weight excluding hydrogens is 88.1 g/mol. The highest BCUT2D eigenvalue weighted by Gasteiger charge is 1.58. The lowest BCUT2D eigenvalue weighted by molar-refractivity contribution is 1.31. The Morgan fingerprint density at radius 1 is 1.71 bits per heavy atom. The summed E-state index contributed by atoms with van der Waals surface area (Å²) in [5.41, 5.74) is 4.97. The van der Waals surface area contributed by atoms with E-state index in [4.69, 9.17) is 5.73 Å². The molecule has 0 unspecified atom stereocenters. The molecular formula is C5H10N2. The molecule has 0 fully saturated rings. The molecule has 0 saturated heterocycles. The van der Waals surface area contributed by atoms with Crippen molar-refractivity contribution in [2.45, 2.75) is 13.3 Å². The molecule has 40 valence electrons. The van der Waals surface area contributed by atoms with Gasteiger partial charge in [-0.1, -0.05) is 6.92 Å². The molecule has 7 heavy (non-hydrogen) atoms. The van der Waals surface area contributed by atoms with Gasteiger partial charge in [-0.25, -0.2) is 0 Å². The molecule has 0 aromatic rings. The lowest BCUT2D eigenvalue weighted by Gasteiger charge is -1.71. The zero-order valence-electron chi connectivity index (χ0n) is 4.46. The molecule has 0 amide bonds. The molecule has 0 bridgehead atoms. The molecule has 0 saturated carbocycles. The van der Waals surface area contributed by atoms with Crippen molar-refractivity contribution in [2.75, 3.05) is 0 Å². The van der Waals surface area contributed by atoms with E-state index in [9.17, 15) is 0 Å². The molecule has 2 heteroatoms. The standard InChI is InChI=1S/C5H10N2/c1-2-4-7-5-3-6/h3-5H,2,6H2,1H3/b5-3+,7-4?. The topological polar surface area (TPSA) is 38.4 Å². The van der Waals surface area contributed by atoms with Crippen LogP contribution in [-0.2, 0) is 0 Å². The van der Waals surface area contributed by atoms with Gasteiger partial charge in [0.2, 0.25) is 0 Å². The van der Waals surface area contributed by atoms with Crippen LogP contribution >= 0.6 is 0 Å². The Morgan fingerprint density at radius 3 is 2.86 bits per heavy atom. The number of nitrogens with two attached hydrogens (primary N) is 1. The van der Waals surface area contributed by atoms with Crippen molar-refractivity contribution >= 4 is 6.21 Å². The van der Waals surface area contributed by atoms with Crippen LogP contribution in [-0.4, -0.2) is 6.21 Å². The van der Waals surface area contributed by atoms with E-state index in [1.807, 2.05) is 6.92 Å². The summed E-state index contributed by atoms with van der Waals surface area (Å²) < 4.78 is 0. The lowest BCUT2D eigenvalue weighted by Crippen LogP contribution is -1.73. The number of nitrogens with zero attached hydrogens (tertiary/aromatic N) is 1. The molecule has 0 atom stereocenters. The fraction of sp³-hybridized carbons (Fsp3) is 0.400. The summed E-state index contributed by atoms with van der Waals surface area (Å²) in [6, 6.07) is 0. The van der Waals surface area contributed by atoms with Crippen molar-refractivity contribution in [3.8, 4) is 0 Å². The summed E-state index contributed by atoms with van der Waals surface area (Å²) in [4.78, 5) is 3.78. The van der Waals surface area contributed by atoms with E-state index in [0.29, 0.717) is 0 Å². The number of hydrogen-bond donors (Lipinski definition) is 1. The first kappa shape index (κ1) is 6.21. The van der Waals surface area contributed by atoms with Gasteiger partial charge < -0.3 is 5.73 Å². The smallest absolute Gasteiger partial charge is 0.0418 e. The van der Waals surface area contributed by atoms with E-state index < -0.39 is 0 Å². The molecule has 0 radical (unpaired) electrons. The van der Waals surface area contributed by atoms with Crippen molar-refractivity contribution < 1.29 is 0 Å². The van der Waals surface area contributed by atoms with Gasteiger partial charge in [-0.15, -0.1) is 0 Å². The first-order valence-electron chi connectivity index (χ1n) is 2.30. The largest absolute Gasteiger partial charge is 0.403 e. The normalized spacial score (nSPS) is 11.6. The van der Waals surface area contributed by atoms with Crippen molar-refractivity contribution in [2.24, 2.45) is 10.7 Å². The summed E-state index contributed by atoms with van der Waals surface area (Å²) in [5.74, 6) is 0. The third-order valence-electron chi connectivity index (χ3n) is 0.460. The molecule has 0 aromatic heterocycles. The molecule has 2 nitrogen and oxygen atoms in total. The monoisotopic (exact) mass is 98.1 g/mol. The summed E-state index contributed by atoms with van der Waals surface area (Å²) in [6.07, 6.45) is 5.73. The molecule has 0 spiro atoms. The molecule has 0 aliphatic carbocycles. The van der Waals surface area contributed by atoms with E-state index in [0.717, 1.165) is 6.42 Å². The fourth-order valence-corrected chi connectivity index (χ4v) is 0.216. The van der Waals surface area contributed by atoms with Crippen molar-refractivity contribution in [3.63, 3.8) is 0 Å². The van der Waals surface area contributed by atoms with E-state index in [1.54, 1.807) is 12.4 Å². The predicted molar refractivity (Wildman–Crippen MR) is 32.1 cm³/mol. The third-order valence-corrected chi connectivity index (χ3v) is 0.460. The molecule has 0 aromatic carbocycles. The minimum Gasteiger partial charge on any atom is -0.403 e. The molecule has 0 aliphatic rings. The maximum absolute atomic E-state index is 4.97. The summed E-state index contributed by atoms with van der Waals surface area (Å²) in [7, 11) is 0. The quantitative estimate of drug-likeness (QED) is 0.512. The van der Waals surface area contributed by atoms with Crippen LogP contribution in [0.4, 0.5) is 0 Å². The zero-order chi connectivity index (χ0) is 5.54. The Bertz CT molecular complexity index is 74.1. The zero-order valence-corrected chi connectivity index (χ0v) is 4.46. The van der Waals surface area contributed by atoms with Gasteiger partial charge in [-0.3, -0.25) is 4.99 Å². The van der Waals surface area contributed by atoms with Gasteiger partial charge in [-0.05, 0) is 6.42 Å². The first-order chi connectivity index (χ1) is 3.41. The predicted octanol–water partition coefficient (Wildman–Crippen LogP) is 0.897. The Morgan fingerprint density at radius 2 is 2.43 bits per heavy atom. The van der Waals surface area contributed by atoms with E-state index >= 15 is 0 Å². The Hall–Kier alpha value is -0.790. The Kier molecular flexibility index (Phi) is 4.62. The minimum atomic E-state index is 0.963. The van der Waals surface area contributed by atoms with Crippen LogP contribution in [0.15, 0.2) is 17.4 Å². The van der Waals surface area contributed by atoms with Crippen LogP contribution in [0.2, 0.25) is 0 Å². The average molecular weight is 98.1 g/mol. The van der Waals surface area contributed by atoms with Crippen LogP contribution in [0.5, 0.6) is 0 Å². The van der Waals surface area contributed by atoms with Gasteiger partial charge in [0.25, 0.3) is 0 Å². The van der Waals surface area contributed by atoms with Crippen molar-refractivity contribution in [3.05, 3.63) is 12.4 Å². The van der Waals surface area contributed by atoms with Crippen molar-refractivity contribution in [1.82, 2.24) is 0 Å². The number of hydrogen-bond acceptors (Lipinski definition) is 2. The maximum atomic E-state index is 4.97. The summed E-state index contributed by atoms with van der Waals surface area (Å²) in [6.45, 7) is 2.02. The van der Waals surface area contributed by atoms with Crippen LogP contribution in [0.3, 0.4) is 0 Å². The highest BCUT2D eigenvalue weighted by atomic mass is 14.7. The minimum absolute atomic E-state index is 0.963. The van der Waals surface area contributed by atoms with Crippen LogP contribution in [0.1, 0.15) is 13.3 Å². The summed E-state index contributed by atoms with van der Waals surface area (Å²) >= 11 is 0. The fourth-order valence-electron chi connectivity index (χ4n) is 0.216. The lowest BCUT2D eigenvalue weighted by atomic mass is 10.5. The highest BCUT2D eigenvalue weighted by molar-refractivity contribution is 5.57. The highest BCUT2D eigenvalue weighted by Crippen LogP contribution is 1.69. The molecule has 0 heterocycles. The van der Waals surface area contributed by atoms with Crippen LogP contribution in [0, 0.1) is 0 Å². The van der Waals surface area contributed by atoms with E-state index in [1.165, 1.54) is 6.20 Å². The van der Waals surface area contributed by atoms with Gasteiger partial charge in [-0.2, -0.15) is 0 Å².